The van der Waals surface area contributed by atoms with Gasteiger partial charge in [0, 0.05) is 5.54 Å². The summed E-state index contributed by atoms with van der Waals surface area (Å²) in [5.74, 6) is 0. The van der Waals surface area contributed by atoms with Crippen molar-refractivity contribution in [1.82, 2.24) is 5.32 Å². The molecule has 1 unspecified atom stereocenters. The summed E-state index contributed by atoms with van der Waals surface area (Å²) in [5, 5.41) is 3.84. The highest BCUT2D eigenvalue weighted by atomic mass is 15.0. The Labute approximate surface area is 106 Å². The third-order valence-electron chi connectivity index (χ3n) is 3.95. The van der Waals surface area contributed by atoms with Gasteiger partial charge in [0.1, 0.15) is 0 Å². The van der Waals surface area contributed by atoms with Crippen LogP contribution < -0.4 is 5.32 Å². The van der Waals surface area contributed by atoms with Crippen LogP contribution in [0.5, 0.6) is 0 Å². The highest BCUT2D eigenvalue weighted by molar-refractivity contribution is 5.18. The van der Waals surface area contributed by atoms with Crippen molar-refractivity contribution in [3.8, 4) is 0 Å². The molecule has 0 bridgehead atoms. The van der Waals surface area contributed by atoms with Crippen molar-refractivity contribution < 1.29 is 0 Å². The zero-order valence-electron chi connectivity index (χ0n) is 11.0. The molecule has 1 aliphatic rings. The normalized spacial score (nSPS) is 25.5. The summed E-state index contributed by atoms with van der Waals surface area (Å²) >= 11 is 0. The Morgan fingerprint density at radius 3 is 2.71 bits per heavy atom. The number of benzene rings is 1. The Morgan fingerprint density at radius 1 is 1.12 bits per heavy atom. The Bertz CT molecular complexity index is 310. The van der Waals surface area contributed by atoms with Crippen LogP contribution in [0.2, 0.25) is 0 Å². The monoisotopic (exact) mass is 231 g/mol. The minimum atomic E-state index is 0.368. The lowest BCUT2D eigenvalue weighted by Crippen LogP contribution is -2.46. The van der Waals surface area contributed by atoms with E-state index in [0.29, 0.717) is 5.54 Å². The third-order valence-corrected chi connectivity index (χ3v) is 3.95. The molecule has 1 nitrogen and oxygen atoms in total. The third kappa shape index (κ3) is 3.57. The average molecular weight is 231 g/mol. The minimum Gasteiger partial charge on any atom is -0.311 e. The molecule has 2 rings (SSSR count). The molecule has 1 aromatic rings. The molecule has 0 aliphatic carbocycles. The van der Waals surface area contributed by atoms with Crippen LogP contribution in [0.15, 0.2) is 30.3 Å². The van der Waals surface area contributed by atoms with E-state index in [2.05, 4.69) is 42.6 Å². The summed E-state index contributed by atoms with van der Waals surface area (Å²) in [7, 11) is 0. The zero-order chi connectivity index (χ0) is 12.0. The van der Waals surface area contributed by atoms with Crippen LogP contribution in [-0.2, 0) is 6.42 Å². The van der Waals surface area contributed by atoms with E-state index in [1.807, 2.05) is 0 Å². The van der Waals surface area contributed by atoms with Gasteiger partial charge in [-0.15, -0.1) is 0 Å². The Balaban J connectivity index is 2.09. The summed E-state index contributed by atoms with van der Waals surface area (Å²) in [5.41, 5.74) is 1.85. The standard InChI is InChI=1S/C16H25N/c1-2-11-16(12-7-4-8-13-17-16)14-15-9-5-3-6-10-15/h3,5-6,9-10,17H,2,4,7-8,11-14H2,1H3. The van der Waals surface area contributed by atoms with Crippen LogP contribution in [0.25, 0.3) is 0 Å². The van der Waals surface area contributed by atoms with Gasteiger partial charge in [-0.05, 0) is 37.8 Å². The van der Waals surface area contributed by atoms with Gasteiger partial charge in [-0.2, -0.15) is 0 Å². The fraction of sp³-hybridized carbons (Fsp3) is 0.625. The van der Waals surface area contributed by atoms with Crippen molar-refractivity contribution in [2.75, 3.05) is 6.54 Å². The molecule has 17 heavy (non-hydrogen) atoms. The minimum absolute atomic E-state index is 0.368. The molecule has 1 heteroatoms. The van der Waals surface area contributed by atoms with Gasteiger partial charge < -0.3 is 5.32 Å². The molecular formula is C16H25N. The van der Waals surface area contributed by atoms with Gasteiger partial charge in [0.15, 0.2) is 0 Å². The highest BCUT2D eigenvalue weighted by Crippen LogP contribution is 2.27. The Hall–Kier alpha value is -0.820. The molecular weight excluding hydrogens is 206 g/mol. The molecule has 1 fully saturated rings. The van der Waals surface area contributed by atoms with Gasteiger partial charge in [0.25, 0.3) is 0 Å². The molecule has 1 aromatic carbocycles. The molecule has 0 radical (unpaired) electrons. The first-order chi connectivity index (χ1) is 8.35. The SMILES string of the molecule is CCCC1(Cc2ccccc2)CCCCCN1. The second-order valence-corrected chi connectivity index (χ2v) is 5.43. The molecule has 1 saturated heterocycles. The number of nitrogens with one attached hydrogen (secondary N) is 1. The van der Waals surface area contributed by atoms with E-state index in [9.17, 15) is 0 Å². The first-order valence-electron chi connectivity index (χ1n) is 7.14. The number of hydrogen-bond donors (Lipinski definition) is 1. The maximum Gasteiger partial charge on any atom is 0.0221 e. The predicted octanol–water partition coefficient (Wildman–Crippen LogP) is 3.93. The van der Waals surface area contributed by atoms with Crippen molar-refractivity contribution in [2.45, 2.75) is 57.4 Å². The maximum absolute atomic E-state index is 3.84. The second-order valence-electron chi connectivity index (χ2n) is 5.43. The van der Waals surface area contributed by atoms with E-state index in [1.165, 1.54) is 57.1 Å². The summed E-state index contributed by atoms with van der Waals surface area (Å²) in [6.45, 7) is 3.51. The second kappa shape index (κ2) is 6.20. The molecule has 0 saturated carbocycles. The van der Waals surface area contributed by atoms with E-state index in [1.54, 1.807) is 0 Å². The van der Waals surface area contributed by atoms with Crippen molar-refractivity contribution >= 4 is 0 Å². The van der Waals surface area contributed by atoms with Crippen LogP contribution >= 0.6 is 0 Å². The quantitative estimate of drug-likeness (QED) is 0.828. The molecule has 1 aliphatic heterocycles. The van der Waals surface area contributed by atoms with Crippen molar-refractivity contribution in [1.29, 1.82) is 0 Å². The van der Waals surface area contributed by atoms with Crippen molar-refractivity contribution in [3.63, 3.8) is 0 Å². The lowest BCUT2D eigenvalue weighted by atomic mass is 9.83. The Morgan fingerprint density at radius 2 is 1.94 bits per heavy atom. The predicted molar refractivity (Wildman–Crippen MR) is 74.3 cm³/mol. The molecule has 1 N–H and O–H groups in total. The summed E-state index contributed by atoms with van der Waals surface area (Å²) in [6.07, 6.45) is 9.26. The largest absolute Gasteiger partial charge is 0.311 e. The van der Waals surface area contributed by atoms with Gasteiger partial charge in [0.05, 0.1) is 0 Å². The molecule has 1 heterocycles. The molecule has 0 amide bonds. The molecule has 0 aromatic heterocycles. The Kier molecular flexibility index (Phi) is 4.61. The fourth-order valence-electron chi connectivity index (χ4n) is 3.12. The van der Waals surface area contributed by atoms with Crippen LogP contribution in [0.4, 0.5) is 0 Å². The average Bonchev–Trinajstić information content (AvgIpc) is 2.57. The van der Waals surface area contributed by atoms with Crippen molar-refractivity contribution in [2.24, 2.45) is 0 Å². The first-order valence-corrected chi connectivity index (χ1v) is 7.14. The molecule has 94 valence electrons. The lowest BCUT2D eigenvalue weighted by Gasteiger charge is -2.34. The lowest BCUT2D eigenvalue weighted by molar-refractivity contribution is 0.288. The van der Waals surface area contributed by atoms with Gasteiger partial charge in [0.2, 0.25) is 0 Å². The fourth-order valence-corrected chi connectivity index (χ4v) is 3.12. The maximum atomic E-state index is 3.84. The first kappa shape index (κ1) is 12.6. The van der Waals surface area contributed by atoms with Crippen LogP contribution in [0.3, 0.4) is 0 Å². The van der Waals surface area contributed by atoms with E-state index < -0.39 is 0 Å². The van der Waals surface area contributed by atoms with Crippen molar-refractivity contribution in [3.05, 3.63) is 35.9 Å². The van der Waals surface area contributed by atoms with E-state index in [0.717, 1.165) is 0 Å². The summed E-state index contributed by atoms with van der Waals surface area (Å²) < 4.78 is 0. The molecule has 1 atom stereocenters. The number of rotatable bonds is 4. The van der Waals surface area contributed by atoms with Gasteiger partial charge in [-0.1, -0.05) is 56.5 Å². The van der Waals surface area contributed by atoms with Crippen LogP contribution in [0.1, 0.15) is 51.0 Å². The highest BCUT2D eigenvalue weighted by Gasteiger charge is 2.29. The van der Waals surface area contributed by atoms with Crippen LogP contribution in [0, 0.1) is 0 Å². The van der Waals surface area contributed by atoms with E-state index in [-0.39, 0.29) is 0 Å². The van der Waals surface area contributed by atoms with Crippen LogP contribution in [-0.4, -0.2) is 12.1 Å². The summed E-state index contributed by atoms with van der Waals surface area (Å²) in [4.78, 5) is 0. The van der Waals surface area contributed by atoms with E-state index in [4.69, 9.17) is 0 Å². The smallest absolute Gasteiger partial charge is 0.0221 e. The van der Waals surface area contributed by atoms with Gasteiger partial charge in [-0.3, -0.25) is 0 Å². The van der Waals surface area contributed by atoms with Gasteiger partial charge >= 0.3 is 0 Å². The number of hydrogen-bond acceptors (Lipinski definition) is 1. The molecule has 0 spiro atoms. The van der Waals surface area contributed by atoms with Gasteiger partial charge in [-0.25, -0.2) is 0 Å². The van der Waals surface area contributed by atoms with E-state index >= 15 is 0 Å². The summed E-state index contributed by atoms with van der Waals surface area (Å²) in [6, 6.07) is 11.0. The topological polar surface area (TPSA) is 12.0 Å². The zero-order valence-corrected chi connectivity index (χ0v) is 11.0.